The van der Waals surface area contributed by atoms with Crippen LogP contribution in [-0.4, -0.2) is 71.3 Å². The molecule has 0 saturated carbocycles. The van der Waals surface area contributed by atoms with Gasteiger partial charge in [0.05, 0.1) is 13.2 Å². The van der Waals surface area contributed by atoms with Crippen LogP contribution >= 0.6 is 0 Å². The highest BCUT2D eigenvalue weighted by Crippen LogP contribution is 2.27. The summed E-state index contributed by atoms with van der Waals surface area (Å²) in [5.41, 5.74) is 3.60. The monoisotopic (exact) mass is 488 g/mol. The van der Waals surface area contributed by atoms with Crippen LogP contribution in [0.2, 0.25) is 0 Å². The third-order valence-electron chi connectivity index (χ3n) is 6.59. The smallest absolute Gasteiger partial charge is 0.258 e. The lowest BCUT2D eigenvalue weighted by atomic mass is 10.0. The maximum atomic E-state index is 12.7. The van der Waals surface area contributed by atoms with Crippen molar-refractivity contribution < 1.29 is 14.3 Å². The highest BCUT2D eigenvalue weighted by Gasteiger charge is 2.26. The van der Waals surface area contributed by atoms with Gasteiger partial charge in [0.2, 0.25) is 0 Å². The van der Waals surface area contributed by atoms with Gasteiger partial charge < -0.3 is 24.6 Å². The van der Waals surface area contributed by atoms with E-state index in [4.69, 9.17) is 9.47 Å². The first kappa shape index (κ1) is 25.4. The van der Waals surface area contributed by atoms with Crippen LogP contribution in [0.15, 0.2) is 78.9 Å². The summed E-state index contributed by atoms with van der Waals surface area (Å²) in [6.45, 7) is 4.18. The number of piperazine rings is 1. The highest BCUT2D eigenvalue weighted by molar-refractivity contribution is 5.77. The molecular formula is C29H36N4O3. The number of hydrogen-bond donors (Lipinski definition) is 1. The molecule has 1 N–H and O–H groups in total. The largest absolute Gasteiger partial charge is 0.493 e. The summed E-state index contributed by atoms with van der Waals surface area (Å²) >= 11 is 0. The number of nitrogens with one attached hydrogen (secondary N) is 1. The third kappa shape index (κ3) is 6.49. The summed E-state index contributed by atoms with van der Waals surface area (Å²) in [4.78, 5) is 19.7. The first-order chi connectivity index (χ1) is 17.5. The molecule has 0 radical (unpaired) electrons. The van der Waals surface area contributed by atoms with Gasteiger partial charge in [-0.1, -0.05) is 42.5 Å². The van der Waals surface area contributed by atoms with E-state index in [1.54, 1.807) is 13.2 Å². The predicted molar refractivity (Wildman–Crippen MR) is 145 cm³/mol. The van der Waals surface area contributed by atoms with Crippen LogP contribution in [0.4, 0.5) is 11.4 Å². The Kier molecular flexibility index (Phi) is 8.68. The van der Waals surface area contributed by atoms with E-state index in [0.717, 1.165) is 31.9 Å². The number of carbonyl (C=O) groups excluding carboxylic acids is 1. The van der Waals surface area contributed by atoms with Gasteiger partial charge in [-0.2, -0.15) is 0 Å². The Morgan fingerprint density at radius 2 is 1.53 bits per heavy atom. The van der Waals surface area contributed by atoms with Gasteiger partial charge >= 0.3 is 0 Å². The second-order valence-corrected chi connectivity index (χ2v) is 9.10. The summed E-state index contributed by atoms with van der Waals surface area (Å²) in [7, 11) is 5.67. The number of methoxy groups -OCH3 is 1. The predicted octanol–water partition coefficient (Wildman–Crippen LogP) is 3.82. The first-order valence-electron chi connectivity index (χ1n) is 12.4. The van der Waals surface area contributed by atoms with Crippen molar-refractivity contribution in [2.45, 2.75) is 6.04 Å². The van der Waals surface area contributed by atoms with Crippen molar-refractivity contribution in [2.75, 3.05) is 70.3 Å². The van der Waals surface area contributed by atoms with Gasteiger partial charge in [-0.05, 0) is 42.0 Å². The van der Waals surface area contributed by atoms with E-state index in [9.17, 15) is 4.79 Å². The molecule has 7 heteroatoms. The summed E-state index contributed by atoms with van der Waals surface area (Å²) in [6.07, 6.45) is 0. The maximum Gasteiger partial charge on any atom is 0.258 e. The summed E-state index contributed by atoms with van der Waals surface area (Å²) in [6, 6.07) is 26.6. The molecule has 1 atom stereocenters. The van der Waals surface area contributed by atoms with Crippen LogP contribution in [0.1, 0.15) is 11.6 Å². The van der Waals surface area contributed by atoms with Gasteiger partial charge in [0.25, 0.3) is 5.91 Å². The van der Waals surface area contributed by atoms with Gasteiger partial charge in [0, 0.05) is 58.2 Å². The molecule has 4 rings (SSSR count). The molecule has 3 aromatic carbocycles. The Hall–Kier alpha value is -3.71. The quantitative estimate of drug-likeness (QED) is 0.468. The molecule has 0 aliphatic carbocycles. The van der Waals surface area contributed by atoms with Crippen LogP contribution in [0.3, 0.4) is 0 Å². The fourth-order valence-corrected chi connectivity index (χ4v) is 4.53. The zero-order valence-corrected chi connectivity index (χ0v) is 21.4. The fourth-order valence-electron chi connectivity index (χ4n) is 4.53. The average Bonchev–Trinajstić information content (AvgIpc) is 2.93. The number of anilines is 2. The van der Waals surface area contributed by atoms with Crippen molar-refractivity contribution in [1.29, 1.82) is 0 Å². The molecule has 0 unspecified atom stereocenters. The van der Waals surface area contributed by atoms with Crippen molar-refractivity contribution in [3.63, 3.8) is 0 Å². The second kappa shape index (κ2) is 12.3. The molecule has 1 saturated heterocycles. The molecule has 190 valence electrons. The molecule has 3 aromatic rings. The summed E-state index contributed by atoms with van der Waals surface area (Å²) in [5.74, 6) is 1.02. The van der Waals surface area contributed by atoms with Crippen molar-refractivity contribution in [3.8, 4) is 11.5 Å². The minimum Gasteiger partial charge on any atom is -0.493 e. The Labute approximate surface area is 214 Å². The number of nitrogens with zero attached hydrogens (tertiary/aromatic N) is 3. The average molecular weight is 489 g/mol. The van der Waals surface area contributed by atoms with Crippen LogP contribution in [0, 0.1) is 0 Å². The Morgan fingerprint density at radius 3 is 2.17 bits per heavy atom. The van der Waals surface area contributed by atoms with E-state index >= 15 is 0 Å². The van der Waals surface area contributed by atoms with Crippen molar-refractivity contribution >= 4 is 17.3 Å². The number of amides is 1. The van der Waals surface area contributed by atoms with E-state index < -0.39 is 0 Å². The lowest BCUT2D eigenvalue weighted by Gasteiger charge is -2.40. The van der Waals surface area contributed by atoms with Crippen LogP contribution in [0.25, 0.3) is 0 Å². The summed E-state index contributed by atoms with van der Waals surface area (Å²) in [5, 5.41) is 3.10. The van der Waals surface area contributed by atoms with E-state index in [1.807, 2.05) is 38.4 Å². The van der Waals surface area contributed by atoms with Crippen LogP contribution in [-0.2, 0) is 4.79 Å². The zero-order chi connectivity index (χ0) is 25.3. The molecular weight excluding hydrogens is 452 g/mol. The number of carbonyl (C=O) groups is 1. The van der Waals surface area contributed by atoms with Crippen LogP contribution in [0.5, 0.6) is 11.5 Å². The third-order valence-corrected chi connectivity index (χ3v) is 6.59. The van der Waals surface area contributed by atoms with Gasteiger partial charge in [-0.15, -0.1) is 0 Å². The number of hydrogen-bond acceptors (Lipinski definition) is 6. The summed E-state index contributed by atoms with van der Waals surface area (Å²) < 4.78 is 11.0. The Balaban J connectivity index is 1.40. The lowest BCUT2D eigenvalue weighted by Crippen LogP contribution is -2.50. The highest BCUT2D eigenvalue weighted by atomic mass is 16.5. The molecule has 0 bridgehead atoms. The van der Waals surface area contributed by atoms with Gasteiger partial charge in [-0.25, -0.2) is 0 Å². The topological polar surface area (TPSA) is 57.3 Å². The number of benzene rings is 3. The van der Waals surface area contributed by atoms with Gasteiger partial charge in [-0.3, -0.25) is 9.69 Å². The Morgan fingerprint density at radius 1 is 0.889 bits per heavy atom. The second-order valence-electron chi connectivity index (χ2n) is 9.10. The number of rotatable bonds is 10. The van der Waals surface area contributed by atoms with Crippen molar-refractivity contribution in [3.05, 3.63) is 84.4 Å². The first-order valence-corrected chi connectivity index (χ1v) is 12.4. The minimum absolute atomic E-state index is 0.0611. The van der Waals surface area contributed by atoms with Crippen LogP contribution < -0.4 is 24.6 Å². The molecule has 1 amide bonds. The molecule has 1 aliphatic heterocycles. The molecule has 1 fully saturated rings. The molecule has 0 aromatic heterocycles. The van der Waals surface area contributed by atoms with E-state index in [1.165, 1.54) is 11.3 Å². The SMILES string of the molecule is COc1ccccc1OCC(=O)NC[C@H](c1ccc(N(C)C)cc1)N1CCN(c2ccccc2)CC1. The zero-order valence-electron chi connectivity index (χ0n) is 21.4. The van der Waals surface area contributed by atoms with Gasteiger partial charge in [0.1, 0.15) is 0 Å². The fraction of sp³-hybridized carbons (Fsp3) is 0.345. The molecule has 1 aliphatic rings. The lowest BCUT2D eigenvalue weighted by molar-refractivity contribution is -0.123. The maximum absolute atomic E-state index is 12.7. The van der Waals surface area contributed by atoms with Gasteiger partial charge in [0.15, 0.2) is 18.1 Å². The number of ether oxygens (including phenoxy) is 2. The molecule has 0 spiro atoms. The molecule has 36 heavy (non-hydrogen) atoms. The van der Waals surface area contributed by atoms with E-state index in [-0.39, 0.29) is 18.6 Å². The van der Waals surface area contributed by atoms with Crippen molar-refractivity contribution in [2.24, 2.45) is 0 Å². The normalized spacial score (nSPS) is 14.7. The minimum atomic E-state index is -0.154. The van der Waals surface area contributed by atoms with E-state index in [2.05, 4.69) is 68.5 Å². The van der Waals surface area contributed by atoms with E-state index in [0.29, 0.717) is 18.0 Å². The standard InChI is InChI=1S/C29H36N4O3/c1-31(2)24-15-13-23(14-16-24)26(33-19-17-32(18-20-33)25-9-5-4-6-10-25)21-30-29(34)22-36-28-12-8-7-11-27(28)35-3/h4-16,26H,17-22H2,1-3H3,(H,30,34)/t26-/m1/s1. The number of para-hydroxylation sites is 3. The van der Waals surface area contributed by atoms with Crippen molar-refractivity contribution in [1.82, 2.24) is 10.2 Å². The Bertz CT molecular complexity index is 1100. The molecule has 1 heterocycles. The molecule has 7 nitrogen and oxygen atoms in total.